The summed E-state index contributed by atoms with van der Waals surface area (Å²) < 4.78 is 0. The monoisotopic (exact) mass is 540 g/mol. The number of hydrogen-bond donors (Lipinski definition) is 2. The van der Waals surface area contributed by atoms with Crippen LogP contribution >= 0.6 is 35.6 Å². The number of halogens is 2. The maximum Gasteiger partial charge on any atom is 0.223 e. The molecule has 2 N–H and O–H groups in total. The van der Waals surface area contributed by atoms with Gasteiger partial charge in [-0.25, -0.2) is 0 Å². The zero-order valence-electron chi connectivity index (χ0n) is 17.3. The molecule has 0 aliphatic carbocycles. The van der Waals surface area contributed by atoms with E-state index in [4.69, 9.17) is 11.6 Å². The number of aliphatic imine (C=N–C) groups is 1. The molecular formula is C23H30ClIN4O. The van der Waals surface area contributed by atoms with Crippen molar-refractivity contribution in [2.24, 2.45) is 10.9 Å². The van der Waals surface area contributed by atoms with Crippen molar-refractivity contribution in [3.8, 4) is 0 Å². The van der Waals surface area contributed by atoms with E-state index in [2.05, 4.69) is 27.8 Å². The van der Waals surface area contributed by atoms with Crippen molar-refractivity contribution in [1.29, 1.82) is 0 Å². The van der Waals surface area contributed by atoms with Gasteiger partial charge in [-0.2, -0.15) is 0 Å². The van der Waals surface area contributed by atoms with Crippen LogP contribution in [0.2, 0.25) is 5.02 Å². The highest BCUT2D eigenvalue weighted by Crippen LogP contribution is 2.18. The summed E-state index contributed by atoms with van der Waals surface area (Å²) >= 11 is 6.20. The molecule has 0 spiro atoms. The van der Waals surface area contributed by atoms with Gasteiger partial charge in [0.25, 0.3) is 0 Å². The van der Waals surface area contributed by atoms with Crippen LogP contribution in [0.25, 0.3) is 0 Å². The number of nitrogens with zero attached hydrogens (tertiary/aromatic N) is 2. The second-order valence-corrected chi connectivity index (χ2v) is 7.77. The molecule has 162 valence electrons. The van der Waals surface area contributed by atoms with Crippen molar-refractivity contribution in [3.63, 3.8) is 0 Å². The largest absolute Gasteiger partial charge is 0.356 e. The molecule has 1 aliphatic rings. The maximum absolute atomic E-state index is 12.3. The van der Waals surface area contributed by atoms with Gasteiger partial charge in [-0.05, 0) is 30.0 Å². The minimum atomic E-state index is 0. The van der Waals surface area contributed by atoms with Gasteiger partial charge in [0.15, 0.2) is 5.96 Å². The van der Waals surface area contributed by atoms with Crippen molar-refractivity contribution in [2.75, 3.05) is 33.2 Å². The first-order valence-electron chi connectivity index (χ1n) is 10.2. The Hall–Kier alpha value is -1.80. The third kappa shape index (κ3) is 7.47. The number of likely N-dealkylation sites (tertiary alicyclic amines) is 1. The lowest BCUT2D eigenvalue weighted by molar-refractivity contribution is -0.127. The first-order valence-corrected chi connectivity index (χ1v) is 10.5. The summed E-state index contributed by atoms with van der Waals surface area (Å²) in [4.78, 5) is 18.6. The Morgan fingerprint density at radius 2 is 1.83 bits per heavy atom. The molecule has 0 bridgehead atoms. The fraction of sp³-hybridized carbons (Fsp3) is 0.391. The molecule has 5 nitrogen and oxygen atoms in total. The van der Waals surface area contributed by atoms with Gasteiger partial charge >= 0.3 is 0 Å². The van der Waals surface area contributed by atoms with Gasteiger partial charge in [0, 0.05) is 50.6 Å². The van der Waals surface area contributed by atoms with Crippen LogP contribution in [0.3, 0.4) is 0 Å². The lowest BCUT2D eigenvalue weighted by atomic mass is 10.1. The number of amides is 1. The van der Waals surface area contributed by atoms with E-state index in [0.29, 0.717) is 12.3 Å². The first kappa shape index (κ1) is 24.5. The van der Waals surface area contributed by atoms with E-state index in [-0.39, 0.29) is 29.9 Å². The van der Waals surface area contributed by atoms with E-state index in [1.807, 2.05) is 47.4 Å². The molecule has 3 rings (SSSR count). The Labute approximate surface area is 201 Å². The molecule has 1 heterocycles. The third-order valence-electron chi connectivity index (χ3n) is 5.23. The molecule has 1 aliphatic heterocycles. The molecular weight excluding hydrogens is 511 g/mol. The first-order chi connectivity index (χ1) is 14.2. The van der Waals surface area contributed by atoms with Crippen LogP contribution in [-0.4, -0.2) is 50.0 Å². The summed E-state index contributed by atoms with van der Waals surface area (Å²) in [5.74, 6) is 1.31. The number of guanidine groups is 1. The van der Waals surface area contributed by atoms with Crippen LogP contribution in [0, 0.1) is 5.92 Å². The van der Waals surface area contributed by atoms with E-state index in [1.54, 1.807) is 7.05 Å². The molecule has 1 fully saturated rings. The second kappa shape index (κ2) is 12.8. The molecule has 30 heavy (non-hydrogen) atoms. The van der Waals surface area contributed by atoms with E-state index >= 15 is 0 Å². The number of hydrogen-bond acceptors (Lipinski definition) is 2. The predicted octanol–water partition coefficient (Wildman–Crippen LogP) is 3.76. The number of benzene rings is 2. The molecule has 1 atom stereocenters. The Balaban J connectivity index is 0.00000320. The molecule has 1 unspecified atom stereocenters. The third-order valence-corrected chi connectivity index (χ3v) is 5.60. The minimum absolute atomic E-state index is 0. The smallest absolute Gasteiger partial charge is 0.223 e. The van der Waals surface area contributed by atoms with Crippen LogP contribution in [0.5, 0.6) is 0 Å². The second-order valence-electron chi connectivity index (χ2n) is 7.37. The lowest BCUT2D eigenvalue weighted by Gasteiger charge is -2.18. The van der Waals surface area contributed by atoms with Crippen LogP contribution in [-0.2, 0) is 17.6 Å². The Kier molecular flexibility index (Phi) is 10.4. The zero-order valence-corrected chi connectivity index (χ0v) is 20.4. The van der Waals surface area contributed by atoms with Gasteiger partial charge in [-0.3, -0.25) is 9.79 Å². The summed E-state index contributed by atoms with van der Waals surface area (Å²) in [5, 5.41) is 7.46. The molecule has 2 aromatic rings. The average molecular weight is 541 g/mol. The van der Waals surface area contributed by atoms with Gasteiger partial charge in [0.05, 0.1) is 0 Å². The summed E-state index contributed by atoms with van der Waals surface area (Å²) in [5.41, 5.74) is 2.39. The number of carbonyl (C=O) groups is 1. The van der Waals surface area contributed by atoms with Gasteiger partial charge in [0.1, 0.15) is 0 Å². The normalized spacial score (nSPS) is 16.3. The summed E-state index contributed by atoms with van der Waals surface area (Å²) in [6, 6.07) is 18.2. The van der Waals surface area contributed by atoms with Crippen molar-refractivity contribution >= 4 is 47.4 Å². The molecule has 1 amide bonds. The van der Waals surface area contributed by atoms with Gasteiger partial charge in [0.2, 0.25) is 5.91 Å². The number of carbonyl (C=O) groups excluding carboxylic acids is 1. The van der Waals surface area contributed by atoms with Crippen LogP contribution in [0.15, 0.2) is 59.6 Å². The molecule has 0 aromatic heterocycles. The topological polar surface area (TPSA) is 56.7 Å². The number of rotatable bonds is 8. The van der Waals surface area contributed by atoms with Crippen molar-refractivity contribution in [3.05, 3.63) is 70.7 Å². The minimum Gasteiger partial charge on any atom is -0.356 e. The Morgan fingerprint density at radius 1 is 1.10 bits per heavy atom. The predicted molar refractivity (Wildman–Crippen MR) is 135 cm³/mol. The molecule has 0 saturated carbocycles. The van der Waals surface area contributed by atoms with Gasteiger partial charge in [-0.15, -0.1) is 24.0 Å². The van der Waals surface area contributed by atoms with Gasteiger partial charge in [-0.1, -0.05) is 60.1 Å². The van der Waals surface area contributed by atoms with Crippen molar-refractivity contribution < 1.29 is 4.79 Å². The van der Waals surface area contributed by atoms with Crippen LogP contribution in [0.1, 0.15) is 17.5 Å². The summed E-state index contributed by atoms with van der Waals surface area (Å²) in [6.07, 6.45) is 2.33. The van der Waals surface area contributed by atoms with Crippen LogP contribution in [0.4, 0.5) is 0 Å². The number of nitrogens with one attached hydrogen (secondary N) is 2. The standard InChI is InChI=1S/C23H29ClN4O.HI/c1-25-23(26-13-11-20-9-5-6-10-21(20)24)27-16-19-15-22(29)28(17-19)14-12-18-7-3-2-4-8-18;/h2-10,19H,11-17H2,1H3,(H2,25,26,27);1H. The Bertz CT molecular complexity index is 831. The average Bonchev–Trinajstić information content (AvgIpc) is 3.10. The fourth-order valence-electron chi connectivity index (χ4n) is 3.59. The van der Waals surface area contributed by atoms with Crippen LogP contribution < -0.4 is 10.6 Å². The summed E-state index contributed by atoms with van der Waals surface area (Å²) in [7, 11) is 1.76. The molecule has 0 radical (unpaired) electrons. The zero-order chi connectivity index (χ0) is 20.5. The quantitative estimate of drug-likeness (QED) is 0.305. The highest BCUT2D eigenvalue weighted by molar-refractivity contribution is 14.0. The van der Waals surface area contributed by atoms with Crippen molar-refractivity contribution in [1.82, 2.24) is 15.5 Å². The van der Waals surface area contributed by atoms with E-state index in [9.17, 15) is 4.79 Å². The van der Waals surface area contributed by atoms with E-state index in [0.717, 1.165) is 55.6 Å². The Morgan fingerprint density at radius 3 is 2.57 bits per heavy atom. The molecule has 1 saturated heterocycles. The van der Waals surface area contributed by atoms with E-state index in [1.165, 1.54) is 5.56 Å². The van der Waals surface area contributed by atoms with Gasteiger partial charge < -0.3 is 15.5 Å². The highest BCUT2D eigenvalue weighted by Gasteiger charge is 2.29. The van der Waals surface area contributed by atoms with Crippen molar-refractivity contribution in [2.45, 2.75) is 19.3 Å². The molecule has 7 heteroatoms. The SMILES string of the molecule is CN=C(NCCc1ccccc1Cl)NCC1CC(=O)N(CCc2ccccc2)C1.I. The summed E-state index contributed by atoms with van der Waals surface area (Å²) in [6.45, 7) is 3.06. The molecule has 2 aromatic carbocycles. The fourth-order valence-corrected chi connectivity index (χ4v) is 3.82. The lowest BCUT2D eigenvalue weighted by Crippen LogP contribution is -2.41. The maximum atomic E-state index is 12.3. The van der Waals surface area contributed by atoms with E-state index < -0.39 is 0 Å². The highest BCUT2D eigenvalue weighted by atomic mass is 127.